The third-order valence-electron chi connectivity index (χ3n) is 3.56. The fourth-order valence-corrected chi connectivity index (χ4v) is 2.70. The summed E-state index contributed by atoms with van der Waals surface area (Å²) in [6.45, 7) is -0.116. The van der Waals surface area contributed by atoms with Crippen molar-refractivity contribution in [2.45, 2.75) is 6.61 Å². The van der Waals surface area contributed by atoms with Gasteiger partial charge in [0, 0.05) is 35.0 Å². The molecule has 0 radical (unpaired) electrons. The molecule has 1 aromatic carbocycles. The average Bonchev–Trinajstić information content (AvgIpc) is 2.98. The van der Waals surface area contributed by atoms with E-state index in [2.05, 4.69) is 9.97 Å². The molecule has 22 heavy (non-hydrogen) atoms. The fourth-order valence-electron chi connectivity index (χ4n) is 2.53. The number of aromatic nitrogens is 2. The van der Waals surface area contributed by atoms with E-state index in [1.165, 1.54) is 0 Å². The number of hydrogen-bond donors (Lipinski definition) is 2. The van der Waals surface area contributed by atoms with Gasteiger partial charge >= 0.3 is 0 Å². The van der Waals surface area contributed by atoms with Crippen molar-refractivity contribution in [2.75, 3.05) is 14.2 Å². The normalized spacial score (nSPS) is 10.9. The Morgan fingerprint density at radius 3 is 2.50 bits per heavy atom. The summed E-state index contributed by atoms with van der Waals surface area (Å²) in [6.07, 6.45) is 3.46. The maximum atomic E-state index is 9.63. The zero-order valence-electron chi connectivity index (χ0n) is 12.2. The first-order valence-corrected chi connectivity index (χ1v) is 7.04. The monoisotopic (exact) mass is 318 g/mol. The Morgan fingerprint density at radius 2 is 1.91 bits per heavy atom. The van der Waals surface area contributed by atoms with Crippen LogP contribution in [0.4, 0.5) is 0 Å². The molecule has 0 bridgehead atoms. The Labute approximate surface area is 132 Å². The number of aromatic amines is 1. The van der Waals surface area contributed by atoms with Gasteiger partial charge in [0.05, 0.1) is 26.3 Å². The number of fused-ring (bicyclic) bond motifs is 1. The van der Waals surface area contributed by atoms with Gasteiger partial charge in [-0.3, -0.25) is 4.98 Å². The maximum Gasteiger partial charge on any atom is 0.162 e. The number of aliphatic hydroxyl groups is 1. The van der Waals surface area contributed by atoms with E-state index in [1.54, 1.807) is 26.6 Å². The highest BCUT2D eigenvalue weighted by atomic mass is 35.5. The number of benzene rings is 1. The van der Waals surface area contributed by atoms with Crippen molar-refractivity contribution >= 4 is 22.5 Å². The van der Waals surface area contributed by atoms with Gasteiger partial charge < -0.3 is 19.6 Å². The molecule has 0 aliphatic carbocycles. The second-order valence-electron chi connectivity index (χ2n) is 4.78. The molecule has 114 valence electrons. The standard InChI is InChI=1S/C16H15ClN2O3/c1-21-13-4-11-12(5-14(13)22-2)18-7-10(8-20)16(11)9-3-15(17)19-6-9/h3-7,19-20H,8H2,1-2H3. The topological polar surface area (TPSA) is 67.4 Å². The predicted octanol–water partition coefficient (Wildman–Crippen LogP) is 3.39. The molecule has 0 atom stereocenters. The van der Waals surface area contributed by atoms with Crippen LogP contribution in [0.3, 0.4) is 0 Å². The SMILES string of the molecule is COc1cc2ncc(CO)c(-c3c[nH]c(Cl)c3)c2cc1OC. The van der Waals surface area contributed by atoms with E-state index in [-0.39, 0.29) is 6.61 Å². The quantitative estimate of drug-likeness (QED) is 0.773. The van der Waals surface area contributed by atoms with Crippen LogP contribution in [-0.2, 0) is 6.61 Å². The molecule has 3 aromatic rings. The summed E-state index contributed by atoms with van der Waals surface area (Å²) in [4.78, 5) is 7.33. The number of pyridine rings is 1. The van der Waals surface area contributed by atoms with Gasteiger partial charge in [-0.15, -0.1) is 0 Å². The van der Waals surface area contributed by atoms with Crippen LogP contribution in [0.2, 0.25) is 5.15 Å². The molecule has 3 rings (SSSR count). The van der Waals surface area contributed by atoms with Crippen molar-refractivity contribution in [1.29, 1.82) is 0 Å². The number of nitrogens with zero attached hydrogens (tertiary/aromatic N) is 1. The molecule has 5 nitrogen and oxygen atoms in total. The number of nitrogens with one attached hydrogen (secondary N) is 1. The lowest BCUT2D eigenvalue weighted by Crippen LogP contribution is -1.96. The van der Waals surface area contributed by atoms with Gasteiger partial charge in [-0.25, -0.2) is 0 Å². The third kappa shape index (κ3) is 2.38. The maximum absolute atomic E-state index is 9.63. The van der Waals surface area contributed by atoms with Gasteiger partial charge in [0.2, 0.25) is 0 Å². The van der Waals surface area contributed by atoms with Crippen molar-refractivity contribution in [3.8, 4) is 22.6 Å². The predicted molar refractivity (Wildman–Crippen MR) is 85.6 cm³/mol. The molecule has 2 aromatic heterocycles. The van der Waals surface area contributed by atoms with E-state index in [1.807, 2.05) is 18.2 Å². The second kappa shape index (κ2) is 5.87. The summed E-state index contributed by atoms with van der Waals surface area (Å²) in [5.41, 5.74) is 3.22. The van der Waals surface area contributed by atoms with Crippen LogP contribution < -0.4 is 9.47 Å². The Balaban J connectivity index is 2.36. The minimum Gasteiger partial charge on any atom is -0.493 e. The molecule has 0 amide bonds. The zero-order chi connectivity index (χ0) is 15.7. The van der Waals surface area contributed by atoms with Crippen molar-refractivity contribution in [3.05, 3.63) is 41.3 Å². The number of H-pyrrole nitrogens is 1. The molecule has 0 saturated carbocycles. The van der Waals surface area contributed by atoms with Gasteiger partial charge in [-0.1, -0.05) is 11.6 Å². The van der Waals surface area contributed by atoms with E-state index in [0.29, 0.717) is 16.7 Å². The minimum absolute atomic E-state index is 0.116. The lowest BCUT2D eigenvalue weighted by atomic mass is 9.98. The molecular weight excluding hydrogens is 304 g/mol. The number of aliphatic hydroxyl groups excluding tert-OH is 1. The number of methoxy groups -OCH3 is 2. The van der Waals surface area contributed by atoms with Crippen molar-refractivity contribution in [1.82, 2.24) is 9.97 Å². The Kier molecular flexibility index (Phi) is 3.92. The molecule has 2 N–H and O–H groups in total. The third-order valence-corrected chi connectivity index (χ3v) is 3.78. The summed E-state index contributed by atoms with van der Waals surface area (Å²) >= 11 is 5.98. The van der Waals surface area contributed by atoms with E-state index >= 15 is 0 Å². The van der Waals surface area contributed by atoms with Gasteiger partial charge in [0.15, 0.2) is 11.5 Å². The van der Waals surface area contributed by atoms with Gasteiger partial charge in [-0.05, 0) is 17.7 Å². The molecule has 0 aliphatic heterocycles. The van der Waals surface area contributed by atoms with Crippen LogP contribution in [-0.4, -0.2) is 29.3 Å². The molecule has 0 saturated heterocycles. The summed E-state index contributed by atoms with van der Waals surface area (Å²) < 4.78 is 10.7. The highest BCUT2D eigenvalue weighted by Crippen LogP contribution is 2.38. The van der Waals surface area contributed by atoms with Crippen LogP contribution in [0.1, 0.15) is 5.56 Å². The Morgan fingerprint density at radius 1 is 1.18 bits per heavy atom. The number of ether oxygens (including phenoxy) is 2. The second-order valence-corrected chi connectivity index (χ2v) is 5.18. The van der Waals surface area contributed by atoms with Crippen molar-refractivity contribution < 1.29 is 14.6 Å². The molecule has 0 spiro atoms. The van der Waals surface area contributed by atoms with Crippen LogP contribution in [0.25, 0.3) is 22.0 Å². The summed E-state index contributed by atoms with van der Waals surface area (Å²) in [5.74, 6) is 1.21. The smallest absolute Gasteiger partial charge is 0.162 e. The van der Waals surface area contributed by atoms with E-state index in [4.69, 9.17) is 21.1 Å². The zero-order valence-corrected chi connectivity index (χ0v) is 12.9. The molecule has 0 fully saturated rings. The van der Waals surface area contributed by atoms with Crippen molar-refractivity contribution in [3.63, 3.8) is 0 Å². The van der Waals surface area contributed by atoms with E-state index < -0.39 is 0 Å². The van der Waals surface area contributed by atoms with Gasteiger partial charge in [0.25, 0.3) is 0 Å². The molecular formula is C16H15ClN2O3. The summed E-state index contributed by atoms with van der Waals surface area (Å²) in [7, 11) is 3.17. The lowest BCUT2D eigenvalue weighted by Gasteiger charge is -2.13. The van der Waals surface area contributed by atoms with Gasteiger partial charge in [-0.2, -0.15) is 0 Å². The number of halogens is 1. The largest absolute Gasteiger partial charge is 0.493 e. The van der Waals surface area contributed by atoms with Crippen molar-refractivity contribution in [2.24, 2.45) is 0 Å². The fraction of sp³-hybridized carbons (Fsp3) is 0.188. The van der Waals surface area contributed by atoms with Crippen LogP contribution in [0.15, 0.2) is 30.6 Å². The minimum atomic E-state index is -0.116. The molecule has 0 aliphatic rings. The first-order valence-electron chi connectivity index (χ1n) is 6.66. The first kappa shape index (κ1) is 14.7. The molecule has 6 heteroatoms. The summed E-state index contributed by atoms with van der Waals surface area (Å²) in [6, 6.07) is 5.48. The Bertz CT molecular complexity index is 830. The molecule has 2 heterocycles. The van der Waals surface area contributed by atoms with Gasteiger partial charge in [0.1, 0.15) is 5.15 Å². The van der Waals surface area contributed by atoms with E-state index in [0.717, 1.165) is 27.6 Å². The van der Waals surface area contributed by atoms with Crippen LogP contribution in [0.5, 0.6) is 11.5 Å². The summed E-state index contributed by atoms with van der Waals surface area (Å²) in [5, 5.41) is 11.0. The highest BCUT2D eigenvalue weighted by Gasteiger charge is 2.15. The van der Waals surface area contributed by atoms with Crippen LogP contribution >= 0.6 is 11.6 Å². The number of hydrogen-bond acceptors (Lipinski definition) is 4. The van der Waals surface area contributed by atoms with E-state index in [9.17, 15) is 5.11 Å². The Hall–Kier alpha value is -2.24. The highest BCUT2D eigenvalue weighted by molar-refractivity contribution is 6.29. The lowest BCUT2D eigenvalue weighted by molar-refractivity contribution is 0.282. The first-order chi connectivity index (χ1) is 10.7. The number of rotatable bonds is 4. The average molecular weight is 319 g/mol. The van der Waals surface area contributed by atoms with Crippen LogP contribution in [0, 0.1) is 0 Å². The molecule has 0 unspecified atom stereocenters.